The minimum absolute atomic E-state index is 0.00720. The van der Waals surface area contributed by atoms with Crippen LogP contribution in [0.25, 0.3) is 39.5 Å². The van der Waals surface area contributed by atoms with Gasteiger partial charge in [0, 0.05) is 49.1 Å². The third-order valence-corrected chi connectivity index (χ3v) is 14.7. The Hall–Kier alpha value is -6.63. The number of aliphatic imine (C=N–C) groups is 2. The van der Waals surface area contributed by atoms with Crippen molar-refractivity contribution in [2.24, 2.45) is 21.8 Å². The highest BCUT2D eigenvalue weighted by molar-refractivity contribution is 14.1. The number of benzene rings is 7. The molecular formula is C59H44IN3. The van der Waals surface area contributed by atoms with E-state index in [2.05, 4.69) is 241 Å². The summed E-state index contributed by atoms with van der Waals surface area (Å²) in [5.41, 5.74) is 13.2. The molecule has 302 valence electrons. The van der Waals surface area contributed by atoms with Crippen LogP contribution in [0.5, 0.6) is 0 Å². The van der Waals surface area contributed by atoms with Gasteiger partial charge < -0.3 is 4.57 Å². The predicted molar refractivity (Wildman–Crippen MR) is 272 cm³/mol. The van der Waals surface area contributed by atoms with Gasteiger partial charge in [0.15, 0.2) is 5.84 Å². The maximum Gasteiger partial charge on any atom is 0.160 e. The molecule has 1 spiro atoms. The van der Waals surface area contributed by atoms with E-state index >= 15 is 0 Å². The van der Waals surface area contributed by atoms with Gasteiger partial charge in [-0.1, -0.05) is 183 Å². The van der Waals surface area contributed by atoms with E-state index in [1.54, 1.807) is 0 Å². The van der Waals surface area contributed by atoms with Gasteiger partial charge in [-0.15, -0.1) is 0 Å². The first-order chi connectivity index (χ1) is 31.0. The summed E-state index contributed by atoms with van der Waals surface area (Å²) in [4.78, 5) is 11.0. The van der Waals surface area contributed by atoms with Crippen LogP contribution in [0.4, 0.5) is 5.69 Å². The molecule has 4 heteroatoms. The van der Waals surface area contributed by atoms with Crippen LogP contribution in [0.3, 0.4) is 0 Å². The molecule has 0 N–H and O–H groups in total. The third kappa shape index (κ3) is 5.91. The Morgan fingerprint density at radius 2 is 1.38 bits per heavy atom. The number of allylic oxidation sites excluding steroid dienone is 5. The molecule has 4 aliphatic carbocycles. The fourth-order valence-electron chi connectivity index (χ4n) is 11.5. The van der Waals surface area contributed by atoms with Crippen LogP contribution in [-0.2, 0) is 5.41 Å². The number of hydrogen-bond acceptors (Lipinski definition) is 1. The van der Waals surface area contributed by atoms with Crippen molar-refractivity contribution in [2.75, 3.05) is 0 Å². The highest BCUT2D eigenvalue weighted by Crippen LogP contribution is 2.63. The van der Waals surface area contributed by atoms with Gasteiger partial charge in [-0.25, -0.2) is 9.98 Å². The second-order valence-electron chi connectivity index (χ2n) is 17.4. The first-order valence-corrected chi connectivity index (χ1v) is 23.1. The zero-order valence-corrected chi connectivity index (χ0v) is 37.2. The number of nitrogens with zero attached hydrogens (tertiary/aromatic N) is 3. The average molecular weight is 922 g/mol. The average Bonchev–Trinajstić information content (AvgIpc) is 3.82. The summed E-state index contributed by atoms with van der Waals surface area (Å²) >= 11 is 2.37. The summed E-state index contributed by atoms with van der Waals surface area (Å²) in [7, 11) is 0. The smallest absolute Gasteiger partial charge is 0.160 e. The van der Waals surface area contributed by atoms with Crippen molar-refractivity contribution in [3.8, 4) is 5.69 Å². The normalized spacial score (nSPS) is 21.9. The molecule has 8 aromatic rings. The molecule has 0 radical (unpaired) electrons. The number of fused-ring (bicyclic) bond motifs is 13. The van der Waals surface area contributed by atoms with Crippen LogP contribution in [0.2, 0.25) is 0 Å². The van der Waals surface area contributed by atoms with Crippen molar-refractivity contribution in [1.82, 2.24) is 4.57 Å². The lowest BCUT2D eigenvalue weighted by atomic mass is 9.56. The maximum atomic E-state index is 5.54. The van der Waals surface area contributed by atoms with Crippen molar-refractivity contribution < 1.29 is 0 Å². The van der Waals surface area contributed by atoms with Crippen molar-refractivity contribution in [3.05, 3.63) is 248 Å². The largest absolute Gasteiger partial charge is 0.310 e. The van der Waals surface area contributed by atoms with Gasteiger partial charge in [-0.3, -0.25) is 0 Å². The second-order valence-corrected chi connectivity index (χ2v) is 18.7. The minimum Gasteiger partial charge on any atom is -0.310 e. The molecule has 12 rings (SSSR count). The quantitative estimate of drug-likeness (QED) is 0.0935. The standard InChI is InChI=1S/C59H44IN3/c1-37-45-20-8-12-24-51(45)59(52-25-13-9-21-46(52)47-22-10-14-26-53(47)59)54-33-30-43(36-50(37)54)61-58(40-17-4-3-5-18-40)62-57(38(2)60)42-29-32-49-48-23-11-15-27-55(48)63(56(49)35-42)44-31-28-39-16-6-7-19-41(39)34-44/h3-28,30-37,42,46,52H,2,29H2,1H3. The molecule has 0 bridgehead atoms. The Bertz CT molecular complexity index is 3460. The van der Waals surface area contributed by atoms with E-state index in [1.807, 2.05) is 0 Å². The Morgan fingerprint density at radius 1 is 0.683 bits per heavy atom. The van der Waals surface area contributed by atoms with Crippen LogP contribution < -0.4 is 10.6 Å². The van der Waals surface area contributed by atoms with Gasteiger partial charge in [-0.2, -0.15) is 0 Å². The molecular weight excluding hydrogens is 878 g/mol. The highest BCUT2D eigenvalue weighted by atomic mass is 127. The van der Waals surface area contributed by atoms with E-state index in [0.29, 0.717) is 11.8 Å². The zero-order chi connectivity index (χ0) is 42.2. The summed E-state index contributed by atoms with van der Waals surface area (Å²) in [5.74, 6) is 1.45. The lowest BCUT2D eigenvalue weighted by Crippen LogP contribution is -2.40. The molecule has 0 fully saturated rings. The first kappa shape index (κ1) is 38.1. The molecule has 3 nitrogen and oxygen atoms in total. The van der Waals surface area contributed by atoms with E-state index in [1.165, 1.54) is 65.6 Å². The summed E-state index contributed by atoms with van der Waals surface area (Å²) in [5, 5.41) is 6.16. The molecule has 1 aromatic heterocycles. The Labute approximate surface area is 381 Å². The summed E-state index contributed by atoms with van der Waals surface area (Å²) in [6.07, 6.45) is 15.0. The minimum atomic E-state index is -0.308. The molecule has 5 atom stereocenters. The zero-order valence-electron chi connectivity index (χ0n) is 35.0. The molecule has 7 aromatic carbocycles. The number of para-hydroxylation sites is 1. The lowest BCUT2D eigenvalue weighted by molar-refractivity contribution is 0.439. The van der Waals surface area contributed by atoms with Gasteiger partial charge in [0.1, 0.15) is 0 Å². The molecule has 0 saturated heterocycles. The summed E-state index contributed by atoms with van der Waals surface area (Å²) in [6, 6.07) is 59.8. The molecule has 0 amide bonds. The molecule has 5 unspecified atom stereocenters. The van der Waals surface area contributed by atoms with Crippen molar-refractivity contribution in [1.29, 1.82) is 0 Å². The number of amidine groups is 1. The number of halogens is 1. The second kappa shape index (κ2) is 15.0. The topological polar surface area (TPSA) is 29.6 Å². The SMILES string of the molecule is C=C(I)C(=NC(=Nc1ccc2c(c1)C(C)c1ccccc1C21c2ccccc2C2C=CC=CC21)c1ccccc1)C1C=c2c(c3ccccc3n2-c2ccc3ccccc3c2)=CC1. The number of aromatic nitrogens is 1. The Balaban J connectivity index is 1.02. The van der Waals surface area contributed by atoms with Crippen LogP contribution >= 0.6 is 22.6 Å². The maximum absolute atomic E-state index is 5.54. The van der Waals surface area contributed by atoms with E-state index < -0.39 is 0 Å². The van der Waals surface area contributed by atoms with Gasteiger partial charge >= 0.3 is 0 Å². The molecule has 4 aliphatic rings. The predicted octanol–water partition coefficient (Wildman–Crippen LogP) is 13.2. The molecule has 0 saturated carbocycles. The molecule has 63 heavy (non-hydrogen) atoms. The van der Waals surface area contributed by atoms with Crippen molar-refractivity contribution >= 4 is 73.7 Å². The van der Waals surface area contributed by atoms with Crippen LogP contribution in [0.1, 0.15) is 64.1 Å². The first-order valence-electron chi connectivity index (χ1n) is 22.1. The molecule has 0 aliphatic heterocycles. The Morgan fingerprint density at radius 3 is 2.22 bits per heavy atom. The van der Waals surface area contributed by atoms with E-state index in [9.17, 15) is 0 Å². The third-order valence-electron chi connectivity index (χ3n) is 14.2. The van der Waals surface area contributed by atoms with Gasteiger partial charge in [0.05, 0.1) is 27.7 Å². The van der Waals surface area contributed by atoms with Gasteiger partial charge in [0.2, 0.25) is 0 Å². The van der Waals surface area contributed by atoms with Crippen molar-refractivity contribution in [2.45, 2.75) is 30.6 Å². The van der Waals surface area contributed by atoms with E-state index in [0.717, 1.165) is 32.7 Å². The van der Waals surface area contributed by atoms with Gasteiger partial charge in [-0.05, 0) is 103 Å². The lowest BCUT2D eigenvalue weighted by Gasteiger charge is -2.45. The highest BCUT2D eigenvalue weighted by Gasteiger charge is 2.56. The number of hydrogen-bond donors (Lipinski definition) is 0. The Kier molecular flexibility index (Phi) is 9.08. The van der Waals surface area contributed by atoms with Gasteiger partial charge in [0.25, 0.3) is 0 Å². The number of rotatable bonds is 5. The van der Waals surface area contributed by atoms with Crippen LogP contribution in [0, 0.1) is 11.8 Å². The van der Waals surface area contributed by atoms with E-state index in [-0.39, 0.29) is 23.2 Å². The monoisotopic (exact) mass is 921 g/mol. The fraction of sp³-hybridized carbons (Fsp3) is 0.119. The molecule has 1 heterocycles. The van der Waals surface area contributed by atoms with E-state index in [4.69, 9.17) is 9.98 Å². The summed E-state index contributed by atoms with van der Waals surface area (Å²) < 4.78 is 3.33. The fourth-order valence-corrected chi connectivity index (χ4v) is 12.0. The van der Waals surface area contributed by atoms with Crippen molar-refractivity contribution in [3.63, 3.8) is 0 Å². The summed E-state index contributed by atoms with van der Waals surface area (Å²) in [6.45, 7) is 6.89. The van der Waals surface area contributed by atoms with Crippen LogP contribution in [0.15, 0.2) is 208 Å². The van der Waals surface area contributed by atoms with Crippen LogP contribution in [-0.4, -0.2) is 16.1 Å².